The molecule has 3 aliphatic rings. The number of fused-ring (bicyclic) bond motifs is 1. The van der Waals surface area contributed by atoms with Gasteiger partial charge in [0.05, 0.1) is 11.4 Å². The molecule has 4 N–H and O–H groups in total. The molecule has 0 aromatic heterocycles. The molecule has 3 unspecified atom stereocenters. The Morgan fingerprint density at radius 3 is 2.46 bits per heavy atom. The number of carbonyl (C=O) groups is 3. The third-order valence-corrected chi connectivity index (χ3v) is 8.63. The molecule has 1 aliphatic heterocycles. The SMILES string of the molecule is NC1CCCCC1NC(=O)c1ccc2c(c1)NC(=O)CC(C1CCCCC1)N2C(=O)c1cccc(Br)c1. The van der Waals surface area contributed by atoms with Crippen molar-refractivity contribution < 1.29 is 14.4 Å². The fourth-order valence-corrected chi connectivity index (χ4v) is 6.56. The van der Waals surface area contributed by atoms with Gasteiger partial charge in [-0.3, -0.25) is 14.4 Å². The number of rotatable bonds is 4. The van der Waals surface area contributed by atoms with Crippen LogP contribution < -0.4 is 21.3 Å². The number of nitrogens with one attached hydrogen (secondary N) is 2. The fourth-order valence-electron chi connectivity index (χ4n) is 6.16. The zero-order valence-corrected chi connectivity index (χ0v) is 22.6. The summed E-state index contributed by atoms with van der Waals surface area (Å²) in [4.78, 5) is 42.1. The van der Waals surface area contributed by atoms with Crippen LogP contribution in [0.1, 0.15) is 84.9 Å². The second-order valence-electron chi connectivity index (χ2n) is 10.7. The van der Waals surface area contributed by atoms with Crippen molar-refractivity contribution in [3.63, 3.8) is 0 Å². The highest BCUT2D eigenvalue weighted by molar-refractivity contribution is 9.10. The van der Waals surface area contributed by atoms with Gasteiger partial charge in [-0.05, 0) is 68.0 Å². The molecule has 5 rings (SSSR count). The Bertz CT molecular complexity index is 1180. The van der Waals surface area contributed by atoms with E-state index in [1.165, 1.54) is 6.42 Å². The molecule has 0 spiro atoms. The highest BCUT2D eigenvalue weighted by atomic mass is 79.9. The van der Waals surface area contributed by atoms with Gasteiger partial charge in [-0.1, -0.05) is 54.1 Å². The van der Waals surface area contributed by atoms with Crippen molar-refractivity contribution >= 4 is 45.0 Å². The molecule has 7 nitrogen and oxygen atoms in total. The molecule has 2 aromatic rings. The van der Waals surface area contributed by atoms with Gasteiger partial charge in [0.2, 0.25) is 5.91 Å². The molecule has 8 heteroatoms. The standard InChI is InChI=1S/C29H35BrN4O3/c30-21-10-6-9-20(15-21)29(37)34-25-14-13-19(28(36)33-23-12-5-4-11-22(23)31)16-24(25)32-27(35)17-26(34)18-7-2-1-3-8-18/h6,9-10,13-16,18,22-23,26H,1-5,7-8,11-12,17,31H2,(H,32,35)(H,33,36). The number of hydrogen-bond donors (Lipinski definition) is 3. The van der Waals surface area contributed by atoms with Crippen LogP contribution in [0.4, 0.5) is 11.4 Å². The van der Waals surface area contributed by atoms with Gasteiger partial charge in [0.15, 0.2) is 0 Å². The van der Waals surface area contributed by atoms with Crippen molar-refractivity contribution in [2.75, 3.05) is 10.2 Å². The Morgan fingerprint density at radius 1 is 0.946 bits per heavy atom. The summed E-state index contributed by atoms with van der Waals surface area (Å²) in [5, 5.41) is 6.08. The number of benzene rings is 2. The van der Waals surface area contributed by atoms with Crippen LogP contribution >= 0.6 is 15.9 Å². The van der Waals surface area contributed by atoms with Crippen LogP contribution in [-0.2, 0) is 4.79 Å². The Kier molecular flexibility index (Phi) is 7.95. The molecule has 1 heterocycles. The van der Waals surface area contributed by atoms with E-state index in [2.05, 4.69) is 26.6 Å². The molecule has 3 atom stereocenters. The zero-order chi connectivity index (χ0) is 25.9. The van der Waals surface area contributed by atoms with Crippen LogP contribution in [0, 0.1) is 5.92 Å². The maximum Gasteiger partial charge on any atom is 0.258 e. The maximum atomic E-state index is 14.0. The summed E-state index contributed by atoms with van der Waals surface area (Å²) in [5.74, 6) is -0.233. The van der Waals surface area contributed by atoms with Crippen LogP contribution in [0.2, 0.25) is 0 Å². The van der Waals surface area contributed by atoms with E-state index in [4.69, 9.17) is 5.73 Å². The van der Waals surface area contributed by atoms with Gasteiger partial charge in [-0.25, -0.2) is 0 Å². The maximum absolute atomic E-state index is 14.0. The van der Waals surface area contributed by atoms with Gasteiger partial charge in [0.1, 0.15) is 0 Å². The Balaban J connectivity index is 1.50. The summed E-state index contributed by atoms with van der Waals surface area (Å²) >= 11 is 3.48. The number of amides is 3. The zero-order valence-electron chi connectivity index (χ0n) is 21.0. The Hall–Kier alpha value is -2.71. The predicted molar refractivity (Wildman–Crippen MR) is 149 cm³/mol. The van der Waals surface area contributed by atoms with Crippen molar-refractivity contribution in [1.29, 1.82) is 0 Å². The minimum Gasteiger partial charge on any atom is -0.348 e. The van der Waals surface area contributed by atoms with Crippen molar-refractivity contribution in [2.45, 2.75) is 82.3 Å². The lowest BCUT2D eigenvalue weighted by Gasteiger charge is -2.37. The predicted octanol–water partition coefficient (Wildman–Crippen LogP) is 5.39. The lowest BCUT2D eigenvalue weighted by Crippen LogP contribution is -2.49. The van der Waals surface area contributed by atoms with Crippen LogP contribution in [0.3, 0.4) is 0 Å². The van der Waals surface area contributed by atoms with E-state index in [1.807, 2.05) is 29.2 Å². The average molecular weight is 568 g/mol. The molecule has 3 amide bonds. The van der Waals surface area contributed by atoms with Gasteiger partial charge < -0.3 is 21.3 Å². The van der Waals surface area contributed by atoms with E-state index in [0.29, 0.717) is 22.5 Å². The molecule has 2 aliphatic carbocycles. The van der Waals surface area contributed by atoms with Gasteiger partial charge >= 0.3 is 0 Å². The van der Waals surface area contributed by atoms with Crippen LogP contribution in [-0.4, -0.2) is 35.8 Å². The number of carbonyl (C=O) groups excluding carboxylic acids is 3. The summed E-state index contributed by atoms with van der Waals surface area (Å²) in [6.07, 6.45) is 9.54. The molecule has 2 saturated carbocycles. The van der Waals surface area contributed by atoms with Crippen molar-refractivity contribution in [3.8, 4) is 0 Å². The van der Waals surface area contributed by atoms with Gasteiger partial charge in [-0.15, -0.1) is 0 Å². The summed E-state index contributed by atoms with van der Waals surface area (Å²) in [5.41, 5.74) is 8.37. The number of nitrogens with zero attached hydrogens (tertiary/aromatic N) is 1. The minimum atomic E-state index is -0.243. The van der Waals surface area contributed by atoms with Crippen molar-refractivity contribution in [1.82, 2.24) is 5.32 Å². The first-order chi connectivity index (χ1) is 17.9. The van der Waals surface area contributed by atoms with Gasteiger partial charge in [0.25, 0.3) is 11.8 Å². The first kappa shape index (κ1) is 25.9. The molecular formula is C29H35BrN4O3. The number of nitrogens with two attached hydrogens (primary N) is 1. The fraction of sp³-hybridized carbons (Fsp3) is 0.483. The van der Waals surface area contributed by atoms with Crippen LogP contribution in [0.15, 0.2) is 46.9 Å². The summed E-state index contributed by atoms with van der Waals surface area (Å²) in [6.45, 7) is 0. The van der Waals surface area contributed by atoms with E-state index in [1.54, 1.807) is 18.2 Å². The van der Waals surface area contributed by atoms with Gasteiger partial charge in [0, 0.05) is 40.1 Å². The first-order valence-corrected chi connectivity index (χ1v) is 14.3. The highest BCUT2D eigenvalue weighted by Crippen LogP contribution is 2.39. The molecule has 2 aromatic carbocycles. The second-order valence-corrected chi connectivity index (χ2v) is 11.6. The lowest BCUT2D eigenvalue weighted by molar-refractivity contribution is -0.116. The molecule has 0 bridgehead atoms. The molecule has 0 saturated heterocycles. The third kappa shape index (κ3) is 5.75. The number of halogens is 1. The molecule has 196 valence electrons. The monoisotopic (exact) mass is 566 g/mol. The average Bonchev–Trinajstić information content (AvgIpc) is 3.05. The van der Waals surface area contributed by atoms with Crippen molar-refractivity contribution in [3.05, 3.63) is 58.1 Å². The van der Waals surface area contributed by atoms with E-state index >= 15 is 0 Å². The normalized spacial score (nSPS) is 24.5. The van der Waals surface area contributed by atoms with E-state index < -0.39 is 0 Å². The Labute approximate surface area is 226 Å². The van der Waals surface area contributed by atoms with E-state index in [0.717, 1.165) is 55.8 Å². The summed E-state index contributed by atoms with van der Waals surface area (Å²) in [6, 6.07) is 12.3. The van der Waals surface area contributed by atoms with Gasteiger partial charge in [-0.2, -0.15) is 0 Å². The molecule has 0 radical (unpaired) electrons. The first-order valence-electron chi connectivity index (χ1n) is 13.5. The smallest absolute Gasteiger partial charge is 0.258 e. The van der Waals surface area contributed by atoms with Crippen LogP contribution in [0.25, 0.3) is 0 Å². The largest absolute Gasteiger partial charge is 0.348 e. The molecular weight excluding hydrogens is 532 g/mol. The Morgan fingerprint density at radius 2 is 1.70 bits per heavy atom. The number of anilines is 2. The van der Waals surface area contributed by atoms with Crippen molar-refractivity contribution in [2.24, 2.45) is 11.7 Å². The summed E-state index contributed by atoms with van der Waals surface area (Å²) in [7, 11) is 0. The third-order valence-electron chi connectivity index (χ3n) is 8.14. The lowest BCUT2D eigenvalue weighted by atomic mass is 9.81. The minimum absolute atomic E-state index is 0.0483. The summed E-state index contributed by atoms with van der Waals surface area (Å²) < 4.78 is 0.824. The van der Waals surface area contributed by atoms with E-state index in [-0.39, 0.29) is 48.2 Å². The molecule has 37 heavy (non-hydrogen) atoms. The highest BCUT2D eigenvalue weighted by Gasteiger charge is 2.38. The van der Waals surface area contributed by atoms with E-state index in [9.17, 15) is 14.4 Å². The number of hydrogen-bond acceptors (Lipinski definition) is 4. The van der Waals surface area contributed by atoms with Crippen LogP contribution in [0.5, 0.6) is 0 Å². The molecule has 2 fully saturated rings. The second kappa shape index (κ2) is 11.4. The topological polar surface area (TPSA) is 105 Å². The quantitative estimate of drug-likeness (QED) is 0.461.